The lowest BCUT2D eigenvalue weighted by Gasteiger charge is -2.43. The Bertz CT molecular complexity index is 1450. The van der Waals surface area contributed by atoms with Gasteiger partial charge < -0.3 is 24.3 Å². The zero-order chi connectivity index (χ0) is 28.7. The quantitative estimate of drug-likeness (QED) is 0.328. The Morgan fingerprint density at radius 2 is 1.60 bits per heavy atom. The van der Waals surface area contributed by atoms with E-state index in [1.165, 1.54) is 0 Å². The molecule has 1 aliphatic rings. The van der Waals surface area contributed by atoms with Crippen LogP contribution in [0.3, 0.4) is 0 Å². The van der Waals surface area contributed by atoms with Gasteiger partial charge in [-0.05, 0) is 35.3 Å². The molecule has 7 nitrogen and oxygen atoms in total. The molecule has 3 aromatic carbocycles. The minimum atomic E-state index is -2.93. The van der Waals surface area contributed by atoms with Crippen LogP contribution in [0.5, 0.6) is 0 Å². The molecule has 4 aromatic rings. The van der Waals surface area contributed by atoms with Crippen molar-refractivity contribution in [2.24, 2.45) is 5.73 Å². The summed E-state index contributed by atoms with van der Waals surface area (Å²) in [6.07, 6.45) is -0.194. The first-order valence-corrected chi connectivity index (χ1v) is 15.5. The molecule has 1 aromatic heterocycles. The highest BCUT2D eigenvalue weighted by atomic mass is 28.4. The number of fused-ring (bicyclic) bond motifs is 1. The number of rotatable bonds is 7. The Morgan fingerprint density at radius 3 is 2.10 bits per heavy atom. The van der Waals surface area contributed by atoms with E-state index in [2.05, 4.69) is 50.2 Å². The second kappa shape index (κ2) is 10.8. The van der Waals surface area contributed by atoms with Gasteiger partial charge in [-0.1, -0.05) is 86.6 Å². The number of hydrogen-bond donors (Lipinski definition) is 1. The predicted molar refractivity (Wildman–Crippen MR) is 157 cm³/mol. The van der Waals surface area contributed by atoms with Gasteiger partial charge in [-0.2, -0.15) is 0 Å². The van der Waals surface area contributed by atoms with Crippen molar-refractivity contribution in [3.05, 3.63) is 83.8 Å². The van der Waals surface area contributed by atoms with Crippen LogP contribution >= 0.6 is 0 Å². The Labute approximate surface area is 235 Å². The summed E-state index contributed by atoms with van der Waals surface area (Å²) in [5.74, 6) is -1.36. The van der Waals surface area contributed by atoms with Crippen LogP contribution in [0, 0.1) is 5.82 Å². The van der Waals surface area contributed by atoms with Crippen molar-refractivity contribution < 1.29 is 22.9 Å². The molecule has 2 heterocycles. The van der Waals surface area contributed by atoms with E-state index >= 15 is 4.39 Å². The van der Waals surface area contributed by atoms with Gasteiger partial charge in [0, 0.05) is 18.7 Å². The van der Waals surface area contributed by atoms with Crippen molar-refractivity contribution in [1.29, 1.82) is 0 Å². The third-order valence-corrected chi connectivity index (χ3v) is 12.6. The predicted octanol–water partition coefficient (Wildman–Crippen LogP) is 4.76. The maximum atomic E-state index is 16.3. The van der Waals surface area contributed by atoms with Crippen LogP contribution in [0.4, 0.5) is 10.1 Å². The highest BCUT2D eigenvalue weighted by molar-refractivity contribution is 6.99. The van der Waals surface area contributed by atoms with E-state index in [-0.39, 0.29) is 40.5 Å². The molecule has 2 N–H and O–H groups in total. The van der Waals surface area contributed by atoms with Crippen molar-refractivity contribution in [1.82, 2.24) is 5.16 Å². The maximum Gasteiger partial charge on any atom is 0.271 e. The number of hydrogen-bond acceptors (Lipinski definition) is 6. The minimum Gasteiger partial charge on any atom is -0.403 e. The third kappa shape index (κ3) is 4.93. The van der Waals surface area contributed by atoms with Gasteiger partial charge in [-0.3, -0.25) is 4.79 Å². The average molecular weight is 562 g/mol. The van der Waals surface area contributed by atoms with Crippen LogP contribution in [0.25, 0.3) is 11.0 Å². The Balaban J connectivity index is 1.69. The number of aromatic nitrogens is 1. The summed E-state index contributed by atoms with van der Waals surface area (Å²) in [4.78, 5) is 14.1. The molecule has 1 amide bonds. The van der Waals surface area contributed by atoms with E-state index in [9.17, 15) is 4.79 Å². The normalized spacial score (nSPS) is 18.3. The molecule has 0 saturated carbocycles. The molecule has 2 atom stereocenters. The molecule has 9 heteroatoms. The lowest BCUT2D eigenvalue weighted by molar-refractivity contribution is -0.00549. The van der Waals surface area contributed by atoms with Gasteiger partial charge in [0.15, 0.2) is 11.5 Å². The molecular weight excluding hydrogens is 525 g/mol. The second-order valence-electron chi connectivity index (χ2n) is 11.6. The van der Waals surface area contributed by atoms with Crippen molar-refractivity contribution >= 4 is 41.3 Å². The van der Waals surface area contributed by atoms with Crippen molar-refractivity contribution in [3.63, 3.8) is 0 Å². The first-order chi connectivity index (χ1) is 19.0. The smallest absolute Gasteiger partial charge is 0.271 e. The molecule has 0 radical (unpaired) electrons. The van der Waals surface area contributed by atoms with Crippen molar-refractivity contribution in [2.75, 3.05) is 18.0 Å². The van der Waals surface area contributed by atoms with Gasteiger partial charge in [0.05, 0.1) is 29.9 Å². The van der Waals surface area contributed by atoms with Gasteiger partial charge in [0.25, 0.3) is 14.2 Å². The average Bonchev–Trinajstić information content (AvgIpc) is 3.34. The van der Waals surface area contributed by atoms with Crippen LogP contribution in [-0.4, -0.2) is 44.7 Å². The number of carbonyl (C=O) groups is 1. The van der Waals surface area contributed by atoms with Crippen LogP contribution in [0.15, 0.2) is 71.3 Å². The number of nitrogens with zero attached hydrogens (tertiary/aromatic N) is 2. The largest absolute Gasteiger partial charge is 0.403 e. The SMILES string of the molecule is C[C@@H]1CN(c2c(CO[Si](c3ccccc3)(c3ccccc3)C(C)(C)C)cc3c(C(N)=O)noc3c2F)C[C@@H](C)O1. The van der Waals surface area contributed by atoms with E-state index in [0.29, 0.717) is 24.3 Å². The van der Waals surface area contributed by atoms with Crippen LogP contribution in [-0.2, 0) is 15.8 Å². The zero-order valence-electron chi connectivity index (χ0n) is 23.6. The molecule has 5 rings (SSSR count). The number of anilines is 1. The first kappa shape index (κ1) is 28.0. The molecule has 0 unspecified atom stereocenters. The van der Waals surface area contributed by atoms with Gasteiger partial charge >= 0.3 is 0 Å². The lowest BCUT2D eigenvalue weighted by Crippen LogP contribution is -2.66. The van der Waals surface area contributed by atoms with Gasteiger partial charge in [-0.15, -0.1) is 0 Å². The highest BCUT2D eigenvalue weighted by Crippen LogP contribution is 2.40. The molecule has 40 heavy (non-hydrogen) atoms. The van der Waals surface area contributed by atoms with Crippen molar-refractivity contribution in [3.8, 4) is 0 Å². The van der Waals surface area contributed by atoms with Crippen LogP contribution in [0.2, 0.25) is 5.04 Å². The summed E-state index contributed by atoms with van der Waals surface area (Å²) < 4.78 is 34.7. The number of ether oxygens (including phenoxy) is 1. The van der Waals surface area contributed by atoms with Crippen LogP contribution in [0.1, 0.15) is 50.7 Å². The zero-order valence-corrected chi connectivity index (χ0v) is 24.6. The monoisotopic (exact) mass is 561 g/mol. The number of halogens is 1. The Morgan fingerprint density at radius 1 is 1.05 bits per heavy atom. The number of nitrogens with two attached hydrogens (primary N) is 1. The van der Waals surface area contributed by atoms with E-state index in [1.54, 1.807) is 6.07 Å². The van der Waals surface area contributed by atoms with Gasteiger partial charge in [0.1, 0.15) is 0 Å². The first-order valence-electron chi connectivity index (χ1n) is 13.6. The molecule has 0 spiro atoms. The van der Waals surface area contributed by atoms with Crippen LogP contribution < -0.4 is 21.0 Å². The molecule has 1 saturated heterocycles. The van der Waals surface area contributed by atoms with E-state index in [1.807, 2.05) is 55.1 Å². The fourth-order valence-electron chi connectivity index (χ4n) is 6.02. The van der Waals surface area contributed by atoms with Gasteiger partial charge in [-0.25, -0.2) is 4.39 Å². The standard InChI is InChI=1S/C31H36FN3O4Si/c1-20-17-35(18-21(2)38-20)28-22(16-25-27(30(33)36)34-39-29(25)26(28)32)19-37-40(31(3,4)5,23-12-8-6-9-13-23)24-14-10-7-11-15-24/h6-16,20-21H,17-19H2,1-5H3,(H2,33,36)/t20-,21-/m1/s1. The molecular formula is C31H36FN3O4Si. The summed E-state index contributed by atoms with van der Waals surface area (Å²) in [5, 5.41) is 6.00. The molecule has 0 aliphatic carbocycles. The van der Waals surface area contributed by atoms with E-state index in [4.69, 9.17) is 19.4 Å². The molecule has 210 valence electrons. The fraction of sp³-hybridized carbons (Fsp3) is 0.355. The highest BCUT2D eigenvalue weighted by Gasteiger charge is 2.50. The summed E-state index contributed by atoms with van der Waals surface area (Å²) in [6, 6.07) is 22.3. The number of carbonyl (C=O) groups excluding carboxylic acids is 1. The summed E-state index contributed by atoms with van der Waals surface area (Å²) in [6.45, 7) is 11.6. The fourth-order valence-corrected chi connectivity index (χ4v) is 10.5. The number of benzene rings is 3. The molecule has 0 bridgehead atoms. The van der Waals surface area contributed by atoms with Crippen molar-refractivity contribution in [2.45, 2.75) is 58.5 Å². The number of morpholine rings is 1. The molecule has 1 aliphatic heterocycles. The summed E-state index contributed by atoms with van der Waals surface area (Å²) >= 11 is 0. The molecule has 1 fully saturated rings. The Kier molecular flexibility index (Phi) is 7.56. The third-order valence-electron chi connectivity index (χ3n) is 7.59. The maximum absolute atomic E-state index is 16.3. The second-order valence-corrected chi connectivity index (χ2v) is 15.9. The topological polar surface area (TPSA) is 90.8 Å². The van der Waals surface area contributed by atoms with E-state index < -0.39 is 20.0 Å². The summed E-state index contributed by atoms with van der Waals surface area (Å²) in [7, 11) is -2.93. The minimum absolute atomic E-state index is 0.0928. The number of primary amides is 1. The number of amides is 1. The summed E-state index contributed by atoms with van der Waals surface area (Å²) in [5.41, 5.74) is 6.34. The lowest BCUT2D eigenvalue weighted by atomic mass is 10.1. The van der Waals surface area contributed by atoms with E-state index in [0.717, 1.165) is 10.4 Å². The Hall–Kier alpha value is -3.53. The van der Waals surface area contributed by atoms with Gasteiger partial charge in [0.2, 0.25) is 5.58 Å².